The van der Waals surface area contributed by atoms with Gasteiger partial charge in [0.05, 0.1) is 18.8 Å². The lowest BCUT2D eigenvalue weighted by atomic mass is 10.0. The van der Waals surface area contributed by atoms with E-state index in [1.807, 2.05) is 0 Å². The van der Waals surface area contributed by atoms with Gasteiger partial charge >= 0.3 is 0 Å². The molecule has 1 N–H and O–H groups in total. The van der Waals surface area contributed by atoms with Crippen molar-refractivity contribution in [2.45, 2.75) is 70.2 Å². The fourth-order valence-corrected chi connectivity index (χ4v) is 3.05. The van der Waals surface area contributed by atoms with E-state index in [0.717, 1.165) is 26.0 Å². The van der Waals surface area contributed by atoms with Gasteiger partial charge in [0.1, 0.15) is 0 Å². The lowest BCUT2D eigenvalue weighted by Crippen LogP contribution is -2.55. The van der Waals surface area contributed by atoms with Crippen molar-refractivity contribution in [2.75, 3.05) is 13.2 Å². The van der Waals surface area contributed by atoms with Gasteiger partial charge in [-0.05, 0) is 26.7 Å². The molecule has 0 spiro atoms. The van der Waals surface area contributed by atoms with Crippen molar-refractivity contribution in [3.05, 3.63) is 0 Å². The van der Waals surface area contributed by atoms with Gasteiger partial charge in [-0.3, -0.25) is 4.90 Å². The SMILES string of the molecule is CC1CN(C2CCCCCC2O)C(C)CO1. The molecule has 1 aliphatic carbocycles. The lowest BCUT2D eigenvalue weighted by molar-refractivity contribution is -0.0880. The largest absolute Gasteiger partial charge is 0.391 e. The molecule has 1 heterocycles. The van der Waals surface area contributed by atoms with Crippen LogP contribution in [0.3, 0.4) is 0 Å². The van der Waals surface area contributed by atoms with Gasteiger partial charge in [-0.2, -0.15) is 0 Å². The van der Waals surface area contributed by atoms with Gasteiger partial charge in [-0.25, -0.2) is 0 Å². The van der Waals surface area contributed by atoms with Gasteiger partial charge < -0.3 is 9.84 Å². The zero-order valence-electron chi connectivity index (χ0n) is 10.6. The van der Waals surface area contributed by atoms with Crippen LogP contribution in [0, 0.1) is 0 Å². The molecule has 4 atom stereocenters. The molecule has 2 aliphatic rings. The summed E-state index contributed by atoms with van der Waals surface area (Å²) in [6.07, 6.45) is 6.04. The number of nitrogens with zero attached hydrogens (tertiary/aromatic N) is 1. The van der Waals surface area contributed by atoms with Crippen LogP contribution in [0.15, 0.2) is 0 Å². The summed E-state index contributed by atoms with van der Waals surface area (Å²) in [6.45, 7) is 6.12. The minimum Gasteiger partial charge on any atom is -0.391 e. The van der Waals surface area contributed by atoms with E-state index < -0.39 is 0 Å². The van der Waals surface area contributed by atoms with Crippen LogP contribution in [0.5, 0.6) is 0 Å². The highest BCUT2D eigenvalue weighted by atomic mass is 16.5. The predicted octanol–water partition coefficient (Wildman–Crippen LogP) is 1.79. The maximum Gasteiger partial charge on any atom is 0.0695 e. The van der Waals surface area contributed by atoms with Gasteiger partial charge in [0.2, 0.25) is 0 Å². The number of hydrogen-bond acceptors (Lipinski definition) is 3. The molecule has 0 amide bonds. The summed E-state index contributed by atoms with van der Waals surface area (Å²) in [7, 11) is 0. The molecule has 0 radical (unpaired) electrons. The summed E-state index contributed by atoms with van der Waals surface area (Å²) in [5.74, 6) is 0. The van der Waals surface area contributed by atoms with E-state index in [1.54, 1.807) is 0 Å². The van der Waals surface area contributed by atoms with Crippen molar-refractivity contribution in [3.8, 4) is 0 Å². The first-order chi connectivity index (χ1) is 7.68. The van der Waals surface area contributed by atoms with Gasteiger partial charge in [0.15, 0.2) is 0 Å². The van der Waals surface area contributed by atoms with E-state index in [2.05, 4.69) is 18.7 Å². The Hall–Kier alpha value is -0.120. The highest BCUT2D eigenvalue weighted by molar-refractivity contribution is 4.87. The van der Waals surface area contributed by atoms with E-state index in [4.69, 9.17) is 4.74 Å². The number of aliphatic hydroxyl groups is 1. The van der Waals surface area contributed by atoms with Crippen LogP contribution < -0.4 is 0 Å². The lowest BCUT2D eigenvalue weighted by Gasteiger charge is -2.43. The first-order valence-corrected chi connectivity index (χ1v) is 6.74. The molecule has 0 aromatic heterocycles. The second kappa shape index (κ2) is 5.48. The molecule has 0 aromatic carbocycles. The molecular weight excluding hydrogens is 202 g/mol. The summed E-state index contributed by atoms with van der Waals surface area (Å²) in [4.78, 5) is 2.48. The maximum atomic E-state index is 10.2. The zero-order chi connectivity index (χ0) is 11.5. The van der Waals surface area contributed by atoms with Crippen LogP contribution in [-0.2, 0) is 4.74 Å². The zero-order valence-corrected chi connectivity index (χ0v) is 10.6. The Labute approximate surface area is 98.8 Å². The second-order valence-corrected chi connectivity index (χ2v) is 5.46. The van der Waals surface area contributed by atoms with Crippen LogP contribution in [0.25, 0.3) is 0 Å². The third-order valence-electron chi connectivity index (χ3n) is 4.03. The molecule has 3 heteroatoms. The van der Waals surface area contributed by atoms with E-state index >= 15 is 0 Å². The quantitative estimate of drug-likeness (QED) is 0.693. The highest BCUT2D eigenvalue weighted by Crippen LogP contribution is 2.26. The van der Waals surface area contributed by atoms with Crippen molar-refractivity contribution >= 4 is 0 Å². The summed E-state index contributed by atoms with van der Waals surface area (Å²) >= 11 is 0. The number of aliphatic hydroxyl groups excluding tert-OH is 1. The molecule has 4 unspecified atom stereocenters. The molecule has 0 bridgehead atoms. The minimum atomic E-state index is -0.129. The first-order valence-electron chi connectivity index (χ1n) is 6.74. The molecule has 2 fully saturated rings. The van der Waals surface area contributed by atoms with Crippen molar-refractivity contribution in [1.82, 2.24) is 4.90 Å². The van der Waals surface area contributed by atoms with Gasteiger partial charge in [0.25, 0.3) is 0 Å². The molecule has 0 aromatic rings. The monoisotopic (exact) mass is 227 g/mol. The summed E-state index contributed by atoms with van der Waals surface area (Å²) < 4.78 is 5.65. The molecule has 2 rings (SSSR count). The fraction of sp³-hybridized carbons (Fsp3) is 1.00. The van der Waals surface area contributed by atoms with E-state index in [1.165, 1.54) is 19.3 Å². The Morgan fingerprint density at radius 1 is 1.12 bits per heavy atom. The molecule has 16 heavy (non-hydrogen) atoms. The van der Waals surface area contributed by atoms with Gasteiger partial charge in [-0.1, -0.05) is 19.3 Å². The topological polar surface area (TPSA) is 32.7 Å². The molecule has 1 saturated heterocycles. The Bertz CT molecular complexity index is 222. The summed E-state index contributed by atoms with van der Waals surface area (Å²) in [5, 5.41) is 10.2. The number of rotatable bonds is 1. The Morgan fingerprint density at radius 2 is 1.88 bits per heavy atom. The van der Waals surface area contributed by atoms with Gasteiger partial charge in [0, 0.05) is 18.6 Å². The van der Waals surface area contributed by atoms with E-state index in [9.17, 15) is 5.11 Å². The van der Waals surface area contributed by atoms with Crippen molar-refractivity contribution in [1.29, 1.82) is 0 Å². The predicted molar refractivity (Wildman–Crippen MR) is 64.5 cm³/mol. The van der Waals surface area contributed by atoms with Crippen LogP contribution >= 0.6 is 0 Å². The molecule has 1 saturated carbocycles. The smallest absolute Gasteiger partial charge is 0.0695 e. The van der Waals surface area contributed by atoms with Crippen LogP contribution in [0.2, 0.25) is 0 Å². The average Bonchev–Trinajstić information content (AvgIpc) is 2.47. The second-order valence-electron chi connectivity index (χ2n) is 5.46. The third kappa shape index (κ3) is 2.76. The van der Waals surface area contributed by atoms with E-state index in [0.29, 0.717) is 18.2 Å². The molecule has 94 valence electrons. The van der Waals surface area contributed by atoms with Crippen LogP contribution in [0.4, 0.5) is 0 Å². The van der Waals surface area contributed by atoms with Crippen molar-refractivity contribution in [3.63, 3.8) is 0 Å². The molecule has 1 aliphatic heterocycles. The minimum absolute atomic E-state index is 0.129. The van der Waals surface area contributed by atoms with Crippen LogP contribution in [0.1, 0.15) is 46.0 Å². The summed E-state index contributed by atoms with van der Waals surface area (Å²) in [6, 6.07) is 0.817. The first kappa shape index (κ1) is 12.3. The summed E-state index contributed by atoms with van der Waals surface area (Å²) in [5.41, 5.74) is 0. The molecular formula is C13H25NO2. The Kier molecular flexibility index (Phi) is 4.22. The van der Waals surface area contributed by atoms with Crippen LogP contribution in [-0.4, -0.2) is 47.4 Å². The van der Waals surface area contributed by atoms with Crippen molar-refractivity contribution < 1.29 is 9.84 Å². The number of morpholine rings is 1. The molecule has 3 nitrogen and oxygen atoms in total. The number of ether oxygens (including phenoxy) is 1. The average molecular weight is 227 g/mol. The number of hydrogen-bond donors (Lipinski definition) is 1. The maximum absolute atomic E-state index is 10.2. The van der Waals surface area contributed by atoms with Gasteiger partial charge in [-0.15, -0.1) is 0 Å². The fourth-order valence-electron chi connectivity index (χ4n) is 3.05. The van der Waals surface area contributed by atoms with Crippen molar-refractivity contribution in [2.24, 2.45) is 0 Å². The highest BCUT2D eigenvalue weighted by Gasteiger charge is 2.33. The Morgan fingerprint density at radius 3 is 2.69 bits per heavy atom. The normalized spacial score (nSPS) is 42.9. The Balaban J connectivity index is 2.02. The van der Waals surface area contributed by atoms with E-state index in [-0.39, 0.29) is 6.10 Å². The standard InChI is InChI=1S/C13H25NO2/c1-10-9-16-11(2)8-14(10)12-6-4-3-5-7-13(12)15/h10-13,15H,3-9H2,1-2H3. The third-order valence-corrected chi connectivity index (χ3v) is 4.03.